The topological polar surface area (TPSA) is 55.9 Å². The normalized spacial score (nSPS) is 12.9. The van der Waals surface area contributed by atoms with Gasteiger partial charge >= 0.3 is 0 Å². The first-order valence-corrected chi connectivity index (χ1v) is 7.70. The molecule has 0 fully saturated rings. The van der Waals surface area contributed by atoms with Crippen LogP contribution < -0.4 is 11.3 Å². The second-order valence-electron chi connectivity index (χ2n) is 4.76. The summed E-state index contributed by atoms with van der Waals surface area (Å²) in [5.41, 5.74) is 6.40. The molecule has 1 aromatic carbocycles. The summed E-state index contributed by atoms with van der Waals surface area (Å²) < 4.78 is 2.05. The number of hydrogen-bond donors (Lipinski definition) is 2. The summed E-state index contributed by atoms with van der Waals surface area (Å²) in [6.45, 7) is 2.99. The molecule has 0 aliphatic carbocycles. The fourth-order valence-corrected chi connectivity index (χ4v) is 3.24. The molecule has 0 saturated heterocycles. The second kappa shape index (κ2) is 5.75. The standard InChI is InChI=1S/C15H18N4S/c1-2-19-15-6-4-3-5-12(15)14(18-19)9-13(17-16)11-7-8-20-10-11/h3-8,10,13,17H,2,9,16H2,1H3. The van der Waals surface area contributed by atoms with Crippen molar-refractivity contribution in [1.82, 2.24) is 15.2 Å². The van der Waals surface area contributed by atoms with Gasteiger partial charge in [0.25, 0.3) is 0 Å². The van der Waals surface area contributed by atoms with Crippen molar-refractivity contribution in [2.75, 3.05) is 0 Å². The molecule has 1 atom stereocenters. The van der Waals surface area contributed by atoms with Gasteiger partial charge in [-0.1, -0.05) is 18.2 Å². The highest BCUT2D eigenvalue weighted by Gasteiger charge is 2.16. The number of hydrogen-bond acceptors (Lipinski definition) is 4. The van der Waals surface area contributed by atoms with Crippen LogP contribution in [0.25, 0.3) is 10.9 Å². The maximum Gasteiger partial charge on any atom is 0.0722 e. The molecule has 3 N–H and O–H groups in total. The number of fused-ring (bicyclic) bond motifs is 1. The van der Waals surface area contributed by atoms with Crippen molar-refractivity contribution >= 4 is 22.2 Å². The Labute approximate surface area is 122 Å². The van der Waals surface area contributed by atoms with Gasteiger partial charge in [-0.05, 0) is 35.4 Å². The quantitative estimate of drug-likeness (QED) is 0.560. The van der Waals surface area contributed by atoms with E-state index in [-0.39, 0.29) is 6.04 Å². The van der Waals surface area contributed by atoms with Crippen LogP contribution >= 0.6 is 11.3 Å². The zero-order chi connectivity index (χ0) is 13.9. The number of nitrogens with one attached hydrogen (secondary N) is 1. The van der Waals surface area contributed by atoms with Crippen LogP contribution in [0.1, 0.15) is 24.2 Å². The zero-order valence-corrected chi connectivity index (χ0v) is 12.2. The third-order valence-corrected chi connectivity index (χ3v) is 4.28. The van der Waals surface area contributed by atoms with E-state index < -0.39 is 0 Å². The minimum Gasteiger partial charge on any atom is -0.271 e. The van der Waals surface area contributed by atoms with E-state index in [1.165, 1.54) is 16.5 Å². The first-order chi connectivity index (χ1) is 9.83. The number of hydrazine groups is 1. The largest absolute Gasteiger partial charge is 0.271 e. The number of aromatic nitrogens is 2. The first kappa shape index (κ1) is 13.3. The molecular formula is C15H18N4S. The Morgan fingerprint density at radius 3 is 2.90 bits per heavy atom. The summed E-state index contributed by atoms with van der Waals surface area (Å²) in [6, 6.07) is 10.6. The molecule has 104 valence electrons. The van der Waals surface area contributed by atoms with Gasteiger partial charge in [0.2, 0.25) is 0 Å². The third kappa shape index (κ3) is 2.35. The molecule has 4 nitrogen and oxygen atoms in total. The molecule has 0 spiro atoms. The van der Waals surface area contributed by atoms with E-state index in [1.807, 2.05) is 4.68 Å². The minimum absolute atomic E-state index is 0.102. The summed E-state index contributed by atoms with van der Waals surface area (Å²) in [6.07, 6.45) is 0.792. The zero-order valence-electron chi connectivity index (χ0n) is 11.4. The molecule has 5 heteroatoms. The summed E-state index contributed by atoms with van der Waals surface area (Å²) in [5, 5.41) is 10.1. The number of benzene rings is 1. The predicted molar refractivity (Wildman–Crippen MR) is 83.5 cm³/mol. The van der Waals surface area contributed by atoms with E-state index in [1.54, 1.807) is 11.3 Å². The van der Waals surface area contributed by atoms with Gasteiger partial charge in [-0.15, -0.1) is 0 Å². The van der Waals surface area contributed by atoms with Crippen LogP contribution in [0, 0.1) is 0 Å². The van der Waals surface area contributed by atoms with E-state index in [0.717, 1.165) is 18.7 Å². The van der Waals surface area contributed by atoms with Crippen molar-refractivity contribution < 1.29 is 0 Å². The van der Waals surface area contributed by atoms with E-state index in [0.29, 0.717) is 0 Å². The van der Waals surface area contributed by atoms with Crippen molar-refractivity contribution in [2.24, 2.45) is 5.84 Å². The molecule has 0 radical (unpaired) electrons. The molecule has 3 rings (SSSR count). The van der Waals surface area contributed by atoms with E-state index in [9.17, 15) is 0 Å². The van der Waals surface area contributed by atoms with Gasteiger partial charge in [0.15, 0.2) is 0 Å². The lowest BCUT2D eigenvalue weighted by Crippen LogP contribution is -2.29. The van der Waals surface area contributed by atoms with Crippen LogP contribution in [0.15, 0.2) is 41.1 Å². The molecule has 0 saturated carbocycles. The van der Waals surface area contributed by atoms with Crippen LogP contribution in [0.5, 0.6) is 0 Å². The average Bonchev–Trinajstić information content (AvgIpc) is 3.13. The second-order valence-corrected chi connectivity index (χ2v) is 5.54. The molecule has 2 heterocycles. The maximum absolute atomic E-state index is 5.72. The molecule has 2 aromatic heterocycles. The van der Waals surface area contributed by atoms with Gasteiger partial charge in [-0.2, -0.15) is 16.4 Å². The Bertz CT molecular complexity index is 687. The van der Waals surface area contributed by atoms with Crippen LogP contribution in [0.2, 0.25) is 0 Å². The number of para-hydroxylation sites is 1. The number of aryl methyl sites for hydroxylation is 1. The third-order valence-electron chi connectivity index (χ3n) is 3.58. The van der Waals surface area contributed by atoms with Gasteiger partial charge in [-0.25, -0.2) is 0 Å². The Morgan fingerprint density at radius 1 is 1.35 bits per heavy atom. The van der Waals surface area contributed by atoms with E-state index in [4.69, 9.17) is 10.9 Å². The van der Waals surface area contributed by atoms with E-state index in [2.05, 4.69) is 53.4 Å². The summed E-state index contributed by atoms with van der Waals surface area (Å²) in [5.74, 6) is 5.72. The number of thiophene rings is 1. The number of nitrogens with zero attached hydrogens (tertiary/aromatic N) is 2. The van der Waals surface area contributed by atoms with Crippen molar-refractivity contribution in [3.63, 3.8) is 0 Å². The summed E-state index contributed by atoms with van der Waals surface area (Å²) >= 11 is 1.69. The number of nitrogens with two attached hydrogens (primary N) is 1. The first-order valence-electron chi connectivity index (χ1n) is 6.76. The minimum atomic E-state index is 0.102. The maximum atomic E-state index is 5.72. The van der Waals surface area contributed by atoms with Crippen molar-refractivity contribution in [3.05, 3.63) is 52.3 Å². The SMILES string of the molecule is CCn1nc(CC(NN)c2ccsc2)c2ccccc21. The highest BCUT2D eigenvalue weighted by atomic mass is 32.1. The monoisotopic (exact) mass is 286 g/mol. The molecule has 0 amide bonds. The van der Waals surface area contributed by atoms with E-state index >= 15 is 0 Å². The van der Waals surface area contributed by atoms with Gasteiger partial charge < -0.3 is 0 Å². The van der Waals surface area contributed by atoms with Gasteiger partial charge in [0.1, 0.15) is 0 Å². The molecule has 0 bridgehead atoms. The highest BCUT2D eigenvalue weighted by Crippen LogP contribution is 2.25. The predicted octanol–water partition coefficient (Wildman–Crippen LogP) is 2.86. The molecule has 3 aromatic rings. The Balaban J connectivity index is 1.98. The van der Waals surface area contributed by atoms with Crippen molar-refractivity contribution in [1.29, 1.82) is 0 Å². The highest BCUT2D eigenvalue weighted by molar-refractivity contribution is 7.07. The van der Waals surface area contributed by atoms with Gasteiger partial charge in [-0.3, -0.25) is 16.0 Å². The molecular weight excluding hydrogens is 268 g/mol. The number of rotatable bonds is 5. The summed E-state index contributed by atoms with van der Waals surface area (Å²) in [7, 11) is 0. The molecule has 1 unspecified atom stereocenters. The lowest BCUT2D eigenvalue weighted by Gasteiger charge is -2.13. The molecule has 0 aliphatic heterocycles. The van der Waals surface area contributed by atoms with Crippen LogP contribution in [-0.4, -0.2) is 9.78 Å². The van der Waals surface area contributed by atoms with Gasteiger partial charge in [0.05, 0.1) is 17.3 Å². The lowest BCUT2D eigenvalue weighted by molar-refractivity contribution is 0.541. The fourth-order valence-electron chi connectivity index (χ4n) is 2.53. The van der Waals surface area contributed by atoms with Crippen molar-refractivity contribution in [2.45, 2.75) is 25.9 Å². The Morgan fingerprint density at radius 2 is 2.20 bits per heavy atom. The van der Waals surface area contributed by atoms with Crippen LogP contribution in [-0.2, 0) is 13.0 Å². The Kier molecular flexibility index (Phi) is 3.82. The Hall–Kier alpha value is -1.69. The van der Waals surface area contributed by atoms with Crippen LogP contribution in [0.4, 0.5) is 0 Å². The average molecular weight is 286 g/mol. The molecule has 0 aliphatic rings. The fraction of sp³-hybridized carbons (Fsp3) is 0.267. The van der Waals surface area contributed by atoms with Gasteiger partial charge in [0, 0.05) is 18.4 Å². The van der Waals surface area contributed by atoms with Crippen molar-refractivity contribution in [3.8, 4) is 0 Å². The lowest BCUT2D eigenvalue weighted by atomic mass is 10.0. The smallest absolute Gasteiger partial charge is 0.0722 e. The molecule has 20 heavy (non-hydrogen) atoms. The van der Waals surface area contributed by atoms with Crippen LogP contribution in [0.3, 0.4) is 0 Å². The summed E-state index contributed by atoms with van der Waals surface area (Å²) in [4.78, 5) is 0.